The van der Waals surface area contributed by atoms with Crippen molar-refractivity contribution in [1.29, 1.82) is 0 Å². The van der Waals surface area contributed by atoms with Gasteiger partial charge in [0.25, 0.3) is 11.3 Å². The van der Waals surface area contributed by atoms with Crippen LogP contribution in [0.2, 0.25) is 0 Å². The molecule has 2 aliphatic rings. The molecule has 14 heteroatoms. The second-order valence-electron chi connectivity index (χ2n) is 9.25. The van der Waals surface area contributed by atoms with Gasteiger partial charge in [-0.25, -0.2) is 19.3 Å². The molecule has 0 bridgehead atoms. The Hall–Kier alpha value is -4.07. The average Bonchev–Trinajstić information content (AvgIpc) is 3.22. The lowest BCUT2D eigenvalue weighted by atomic mass is 9.72. The number of anilines is 1. The third-order valence-corrected chi connectivity index (χ3v) is 6.56. The highest BCUT2D eigenvalue weighted by Crippen LogP contribution is 2.41. The number of piperidine rings is 1. The zero-order chi connectivity index (χ0) is 26.4. The summed E-state index contributed by atoms with van der Waals surface area (Å²) in [5.41, 5.74) is 3.33. The van der Waals surface area contributed by atoms with Gasteiger partial charge in [0.2, 0.25) is 0 Å². The third kappa shape index (κ3) is 4.96. The van der Waals surface area contributed by atoms with E-state index in [0.717, 1.165) is 37.4 Å². The van der Waals surface area contributed by atoms with E-state index in [4.69, 9.17) is 9.90 Å². The van der Waals surface area contributed by atoms with Crippen molar-refractivity contribution in [3.05, 3.63) is 53.0 Å². The summed E-state index contributed by atoms with van der Waals surface area (Å²) < 4.78 is 35.0. The Morgan fingerprint density at radius 2 is 1.84 bits per heavy atom. The van der Waals surface area contributed by atoms with E-state index in [2.05, 4.69) is 36.3 Å². The van der Waals surface area contributed by atoms with E-state index in [-0.39, 0.29) is 5.56 Å². The number of nitrogens with one attached hydrogen (secondary N) is 1. The first-order chi connectivity index (χ1) is 17.5. The highest BCUT2D eigenvalue weighted by molar-refractivity contribution is 5.73. The maximum Gasteiger partial charge on any atom is 0.490 e. The number of pyridine rings is 1. The topological polar surface area (TPSA) is 130 Å². The van der Waals surface area contributed by atoms with Gasteiger partial charge in [-0.05, 0) is 45.0 Å². The molecule has 2 saturated heterocycles. The number of nitrogens with zero attached hydrogens (tertiary/aromatic N) is 7. The van der Waals surface area contributed by atoms with Crippen molar-refractivity contribution >= 4 is 23.1 Å². The molecule has 1 spiro atoms. The first-order valence-corrected chi connectivity index (χ1v) is 11.5. The Labute approximate surface area is 207 Å². The van der Waals surface area contributed by atoms with Crippen LogP contribution in [0.1, 0.15) is 18.7 Å². The smallest absolute Gasteiger partial charge is 0.475 e. The van der Waals surface area contributed by atoms with E-state index in [0.29, 0.717) is 28.4 Å². The van der Waals surface area contributed by atoms with Crippen molar-refractivity contribution in [3.63, 3.8) is 0 Å². The number of halogens is 3. The van der Waals surface area contributed by atoms with Gasteiger partial charge in [-0.1, -0.05) is 0 Å². The van der Waals surface area contributed by atoms with Gasteiger partial charge in [0.15, 0.2) is 0 Å². The zero-order valence-electron chi connectivity index (χ0n) is 19.7. The van der Waals surface area contributed by atoms with E-state index in [9.17, 15) is 18.0 Å². The van der Waals surface area contributed by atoms with Crippen molar-refractivity contribution in [1.82, 2.24) is 34.3 Å². The minimum atomic E-state index is -5.08. The summed E-state index contributed by atoms with van der Waals surface area (Å²) in [6.45, 7) is 6.14. The van der Waals surface area contributed by atoms with Gasteiger partial charge in [0, 0.05) is 48.7 Å². The van der Waals surface area contributed by atoms with Crippen LogP contribution < -0.4 is 15.8 Å². The van der Waals surface area contributed by atoms with E-state index in [1.807, 2.05) is 19.2 Å². The normalized spacial score (nSPS) is 16.9. The molecule has 4 aromatic rings. The van der Waals surface area contributed by atoms with Crippen LogP contribution in [0, 0.1) is 12.3 Å². The third-order valence-electron chi connectivity index (χ3n) is 6.56. The Kier molecular flexibility index (Phi) is 6.06. The highest BCUT2D eigenvalue weighted by Gasteiger charge is 2.43. The molecule has 0 aliphatic carbocycles. The quantitative estimate of drug-likeness (QED) is 0.410. The van der Waals surface area contributed by atoms with Crippen molar-refractivity contribution in [2.45, 2.75) is 25.9 Å². The molecule has 194 valence electrons. The lowest BCUT2D eigenvalue weighted by Crippen LogP contribution is -2.60. The molecule has 6 heterocycles. The summed E-state index contributed by atoms with van der Waals surface area (Å²) in [5, 5.41) is 14.9. The minimum Gasteiger partial charge on any atom is -0.475 e. The number of carboxylic acids is 1. The molecule has 0 unspecified atom stereocenters. The molecule has 2 N–H and O–H groups in total. The van der Waals surface area contributed by atoms with Crippen LogP contribution in [0.4, 0.5) is 18.9 Å². The Morgan fingerprint density at radius 3 is 2.51 bits per heavy atom. The van der Waals surface area contributed by atoms with Crippen molar-refractivity contribution in [2.24, 2.45) is 5.41 Å². The van der Waals surface area contributed by atoms with Crippen molar-refractivity contribution in [3.8, 4) is 11.3 Å². The first-order valence-electron chi connectivity index (χ1n) is 11.5. The van der Waals surface area contributed by atoms with Gasteiger partial charge < -0.3 is 15.3 Å². The molecular formula is C23H23F3N8O3. The zero-order valence-corrected chi connectivity index (χ0v) is 19.7. The van der Waals surface area contributed by atoms with Gasteiger partial charge >= 0.3 is 12.1 Å². The monoisotopic (exact) mass is 516 g/mol. The maximum atomic E-state index is 12.9. The van der Waals surface area contributed by atoms with E-state index in [1.165, 1.54) is 12.8 Å². The summed E-state index contributed by atoms with van der Waals surface area (Å²) in [4.78, 5) is 37.3. The molecule has 11 nitrogen and oxygen atoms in total. The second-order valence-corrected chi connectivity index (χ2v) is 9.25. The van der Waals surface area contributed by atoms with Gasteiger partial charge in [-0.3, -0.25) is 9.20 Å². The van der Waals surface area contributed by atoms with Crippen LogP contribution >= 0.6 is 0 Å². The van der Waals surface area contributed by atoms with Gasteiger partial charge in [-0.15, -0.1) is 0 Å². The molecule has 6 rings (SSSR count). The Bertz CT molecular complexity index is 1530. The lowest BCUT2D eigenvalue weighted by Gasteiger charge is -2.53. The molecule has 4 aromatic heterocycles. The van der Waals surface area contributed by atoms with Gasteiger partial charge in [0.1, 0.15) is 11.5 Å². The number of carboxylic acid groups (broad SMARTS) is 1. The predicted molar refractivity (Wildman–Crippen MR) is 126 cm³/mol. The molecule has 0 radical (unpaired) electrons. The molecule has 0 amide bonds. The van der Waals surface area contributed by atoms with Crippen LogP contribution in [0.3, 0.4) is 0 Å². The van der Waals surface area contributed by atoms with Crippen molar-refractivity contribution in [2.75, 3.05) is 31.1 Å². The minimum absolute atomic E-state index is 0.108. The molecule has 37 heavy (non-hydrogen) atoms. The number of hydrogen-bond donors (Lipinski definition) is 2. The number of aromatic nitrogens is 6. The second kappa shape index (κ2) is 9.10. The summed E-state index contributed by atoms with van der Waals surface area (Å²) in [6.07, 6.45) is 2.75. The summed E-state index contributed by atoms with van der Waals surface area (Å²) in [7, 11) is 0. The first kappa shape index (κ1) is 24.6. The summed E-state index contributed by atoms with van der Waals surface area (Å²) in [5.74, 6) is -1.58. The van der Waals surface area contributed by atoms with E-state index < -0.39 is 12.1 Å². The fraction of sp³-hybridized carbons (Fsp3) is 0.391. The van der Waals surface area contributed by atoms with E-state index >= 15 is 0 Å². The van der Waals surface area contributed by atoms with Crippen LogP contribution in [0.5, 0.6) is 0 Å². The van der Waals surface area contributed by atoms with Crippen LogP contribution in [-0.4, -0.2) is 72.4 Å². The molecule has 2 fully saturated rings. The largest absolute Gasteiger partial charge is 0.490 e. The van der Waals surface area contributed by atoms with Gasteiger partial charge in [-0.2, -0.15) is 23.3 Å². The highest BCUT2D eigenvalue weighted by atomic mass is 19.4. The standard InChI is InChI=1S/C21H22N8O.C2HF3O2/c1-14-24-20-23-9-15(10-29(20)26-14)17-8-19(30)28-11-16(2-3-18(28)25-17)27-12-21(13-27)4-6-22-7-5-21;3-2(4,5)1(6)7/h2-3,8-11,22H,4-7,12-13H2,1H3;(H,6,7). The van der Waals surface area contributed by atoms with Crippen LogP contribution in [0.25, 0.3) is 22.7 Å². The van der Waals surface area contributed by atoms with E-state index in [1.54, 1.807) is 27.4 Å². The van der Waals surface area contributed by atoms with Gasteiger partial charge in [0.05, 0.1) is 11.4 Å². The molecular weight excluding hydrogens is 493 g/mol. The SMILES string of the molecule is Cc1nc2ncc(-c3cc(=O)n4cc(N5CC6(CCNCC6)C5)ccc4n3)cn2n1.O=C(O)C(F)(F)F. The molecule has 0 atom stereocenters. The number of aryl methyl sites for hydroxylation is 1. The molecule has 2 aliphatic heterocycles. The summed E-state index contributed by atoms with van der Waals surface area (Å²) >= 11 is 0. The molecule has 0 aromatic carbocycles. The summed E-state index contributed by atoms with van der Waals surface area (Å²) in [6, 6.07) is 5.52. The number of fused-ring (bicyclic) bond motifs is 2. The number of alkyl halides is 3. The lowest BCUT2D eigenvalue weighted by molar-refractivity contribution is -0.192. The Balaban J connectivity index is 0.000000355. The fourth-order valence-electron chi connectivity index (χ4n) is 4.66. The number of carbonyl (C=O) groups is 1. The number of aliphatic carboxylic acids is 1. The van der Waals surface area contributed by atoms with Crippen LogP contribution in [0.15, 0.2) is 41.6 Å². The number of hydrogen-bond acceptors (Lipinski definition) is 8. The predicted octanol–water partition coefficient (Wildman–Crippen LogP) is 1.93. The van der Waals surface area contributed by atoms with Crippen molar-refractivity contribution < 1.29 is 23.1 Å². The van der Waals surface area contributed by atoms with Crippen LogP contribution in [-0.2, 0) is 4.79 Å². The average molecular weight is 516 g/mol. The Morgan fingerprint density at radius 1 is 1.14 bits per heavy atom. The fourth-order valence-corrected chi connectivity index (χ4v) is 4.66. The molecule has 0 saturated carbocycles. The maximum absolute atomic E-state index is 12.9. The number of rotatable bonds is 2.